The number of nitrogens with zero attached hydrogens (tertiary/aromatic N) is 3. The number of hydrogen-bond donors (Lipinski definition) is 0. The second-order valence-corrected chi connectivity index (χ2v) is 5.41. The van der Waals surface area contributed by atoms with Gasteiger partial charge in [-0.25, -0.2) is 4.68 Å². The molecule has 24 heavy (non-hydrogen) atoms. The SMILES string of the molecule is CC(=O)n1nccc1-c1ccc(Oc2cccc(Cl)c2C#N)cc1. The second kappa shape index (κ2) is 6.57. The maximum absolute atomic E-state index is 11.5. The summed E-state index contributed by atoms with van der Waals surface area (Å²) in [5, 5.41) is 13.5. The van der Waals surface area contributed by atoms with E-state index in [1.54, 1.807) is 42.6 Å². The number of halogens is 1. The number of benzene rings is 2. The standard InChI is InChI=1S/C18H12ClN3O2/c1-12(23)22-17(9-10-21-22)13-5-7-14(8-6-13)24-18-4-2-3-16(19)15(18)11-20/h2-10H,1H3. The Hall–Kier alpha value is -3.10. The second-order valence-electron chi connectivity index (χ2n) is 5.00. The van der Waals surface area contributed by atoms with Gasteiger partial charge >= 0.3 is 0 Å². The lowest BCUT2D eigenvalue weighted by Crippen LogP contribution is -2.08. The van der Waals surface area contributed by atoms with Crippen LogP contribution in [-0.2, 0) is 0 Å². The molecule has 0 radical (unpaired) electrons. The largest absolute Gasteiger partial charge is 0.456 e. The zero-order valence-electron chi connectivity index (χ0n) is 12.7. The molecule has 2 aromatic carbocycles. The van der Waals surface area contributed by atoms with Crippen molar-refractivity contribution in [1.82, 2.24) is 9.78 Å². The molecule has 5 nitrogen and oxygen atoms in total. The first-order valence-corrected chi connectivity index (χ1v) is 7.50. The number of carbonyl (C=O) groups is 1. The summed E-state index contributed by atoms with van der Waals surface area (Å²) in [7, 11) is 0. The van der Waals surface area contributed by atoms with Crippen LogP contribution in [0.15, 0.2) is 54.7 Å². The van der Waals surface area contributed by atoms with Crippen molar-refractivity contribution >= 4 is 17.5 Å². The van der Waals surface area contributed by atoms with E-state index in [2.05, 4.69) is 5.10 Å². The lowest BCUT2D eigenvalue weighted by atomic mass is 10.1. The van der Waals surface area contributed by atoms with Gasteiger partial charge in [-0.3, -0.25) is 4.79 Å². The highest BCUT2D eigenvalue weighted by molar-refractivity contribution is 6.31. The predicted octanol–water partition coefficient (Wildman–Crippen LogP) is 4.53. The molecule has 118 valence electrons. The maximum atomic E-state index is 11.5. The van der Waals surface area contributed by atoms with Gasteiger partial charge < -0.3 is 4.74 Å². The summed E-state index contributed by atoms with van der Waals surface area (Å²) in [5.41, 5.74) is 1.83. The third kappa shape index (κ3) is 3.00. The van der Waals surface area contributed by atoms with E-state index in [4.69, 9.17) is 16.3 Å². The van der Waals surface area contributed by atoms with E-state index in [9.17, 15) is 10.1 Å². The van der Waals surface area contributed by atoms with Crippen molar-refractivity contribution in [2.24, 2.45) is 0 Å². The molecule has 0 N–H and O–H groups in total. The van der Waals surface area contributed by atoms with Crippen LogP contribution in [0.2, 0.25) is 5.02 Å². The first-order chi connectivity index (χ1) is 11.6. The van der Waals surface area contributed by atoms with Crippen LogP contribution in [-0.4, -0.2) is 15.7 Å². The number of aromatic nitrogens is 2. The Morgan fingerprint density at radius 2 is 1.96 bits per heavy atom. The Kier molecular flexibility index (Phi) is 4.32. The Balaban J connectivity index is 1.89. The fraction of sp³-hybridized carbons (Fsp3) is 0.0556. The van der Waals surface area contributed by atoms with Gasteiger partial charge in [-0.1, -0.05) is 17.7 Å². The quantitative estimate of drug-likeness (QED) is 0.704. The van der Waals surface area contributed by atoms with Crippen molar-refractivity contribution in [3.63, 3.8) is 0 Å². The van der Waals surface area contributed by atoms with Gasteiger partial charge in [0.2, 0.25) is 5.91 Å². The molecule has 0 unspecified atom stereocenters. The third-order valence-corrected chi connectivity index (χ3v) is 3.72. The van der Waals surface area contributed by atoms with E-state index in [0.29, 0.717) is 22.2 Å². The van der Waals surface area contributed by atoms with Crippen LogP contribution in [0.4, 0.5) is 0 Å². The summed E-state index contributed by atoms with van der Waals surface area (Å²) in [4.78, 5) is 11.5. The van der Waals surface area contributed by atoms with E-state index in [1.807, 2.05) is 18.2 Å². The van der Waals surface area contributed by atoms with Crippen molar-refractivity contribution in [2.45, 2.75) is 6.92 Å². The van der Waals surface area contributed by atoms with Crippen LogP contribution < -0.4 is 4.74 Å². The minimum atomic E-state index is -0.159. The fourth-order valence-electron chi connectivity index (χ4n) is 2.29. The first kappa shape index (κ1) is 15.8. The number of rotatable bonds is 3. The zero-order chi connectivity index (χ0) is 17.1. The lowest BCUT2D eigenvalue weighted by Gasteiger charge is -2.09. The molecule has 1 heterocycles. The highest BCUT2D eigenvalue weighted by Gasteiger charge is 2.11. The molecule has 0 amide bonds. The lowest BCUT2D eigenvalue weighted by molar-refractivity contribution is 0.0923. The molecule has 0 aliphatic heterocycles. The topological polar surface area (TPSA) is 67.9 Å². The highest BCUT2D eigenvalue weighted by atomic mass is 35.5. The molecule has 0 spiro atoms. The van der Waals surface area contributed by atoms with Gasteiger partial charge in [0.05, 0.1) is 16.9 Å². The van der Waals surface area contributed by atoms with Crippen molar-refractivity contribution in [3.8, 4) is 28.8 Å². The molecule has 0 saturated carbocycles. The van der Waals surface area contributed by atoms with Crippen molar-refractivity contribution in [2.75, 3.05) is 0 Å². The van der Waals surface area contributed by atoms with Crippen LogP contribution in [0, 0.1) is 11.3 Å². The molecule has 0 atom stereocenters. The van der Waals surface area contributed by atoms with Crippen molar-refractivity contribution in [3.05, 3.63) is 65.3 Å². The van der Waals surface area contributed by atoms with Crippen molar-refractivity contribution in [1.29, 1.82) is 5.26 Å². The van der Waals surface area contributed by atoms with Crippen LogP contribution in [0.3, 0.4) is 0 Å². The smallest absolute Gasteiger partial charge is 0.244 e. The monoisotopic (exact) mass is 337 g/mol. The molecule has 6 heteroatoms. The van der Waals surface area contributed by atoms with Gasteiger partial charge in [-0.05, 0) is 42.5 Å². The van der Waals surface area contributed by atoms with E-state index < -0.39 is 0 Å². The van der Waals surface area contributed by atoms with E-state index in [0.717, 1.165) is 5.56 Å². The summed E-state index contributed by atoms with van der Waals surface area (Å²) in [6.45, 7) is 1.45. The molecule has 1 aromatic heterocycles. The molecule has 0 saturated heterocycles. The Bertz CT molecular complexity index is 940. The number of nitriles is 1. The summed E-state index contributed by atoms with van der Waals surface area (Å²) in [6, 6.07) is 16.0. The third-order valence-electron chi connectivity index (χ3n) is 3.41. The number of hydrogen-bond acceptors (Lipinski definition) is 4. The molecular formula is C18H12ClN3O2. The average Bonchev–Trinajstić information content (AvgIpc) is 3.06. The van der Waals surface area contributed by atoms with Gasteiger partial charge in [-0.15, -0.1) is 0 Å². The number of carbonyl (C=O) groups excluding carboxylic acids is 1. The van der Waals surface area contributed by atoms with Crippen LogP contribution >= 0.6 is 11.6 Å². The normalized spacial score (nSPS) is 10.2. The van der Waals surface area contributed by atoms with Crippen LogP contribution in [0.5, 0.6) is 11.5 Å². The molecule has 0 aliphatic carbocycles. The van der Waals surface area contributed by atoms with Gasteiger partial charge in [0, 0.05) is 12.5 Å². The summed E-state index contributed by atoms with van der Waals surface area (Å²) in [5.74, 6) is 0.797. The predicted molar refractivity (Wildman–Crippen MR) is 90.2 cm³/mol. The first-order valence-electron chi connectivity index (χ1n) is 7.12. The Morgan fingerprint density at radius 3 is 2.62 bits per heavy atom. The average molecular weight is 338 g/mol. The molecule has 3 rings (SSSR count). The molecule has 0 bridgehead atoms. The Morgan fingerprint density at radius 1 is 1.21 bits per heavy atom. The molecule has 0 fully saturated rings. The number of ether oxygens (including phenoxy) is 1. The summed E-state index contributed by atoms with van der Waals surface area (Å²) < 4.78 is 7.07. The van der Waals surface area contributed by atoms with Crippen LogP contribution in [0.1, 0.15) is 17.3 Å². The fourth-order valence-corrected chi connectivity index (χ4v) is 2.50. The Labute approximate surface area is 143 Å². The molecular weight excluding hydrogens is 326 g/mol. The minimum absolute atomic E-state index is 0.159. The minimum Gasteiger partial charge on any atom is -0.456 e. The van der Waals surface area contributed by atoms with E-state index in [-0.39, 0.29) is 11.5 Å². The van der Waals surface area contributed by atoms with Gasteiger partial charge in [0.25, 0.3) is 0 Å². The van der Waals surface area contributed by atoms with Gasteiger partial charge in [0.1, 0.15) is 23.1 Å². The highest BCUT2D eigenvalue weighted by Crippen LogP contribution is 2.31. The van der Waals surface area contributed by atoms with E-state index in [1.165, 1.54) is 11.6 Å². The molecule has 0 aliphatic rings. The van der Waals surface area contributed by atoms with E-state index >= 15 is 0 Å². The maximum Gasteiger partial charge on any atom is 0.244 e. The van der Waals surface area contributed by atoms with Crippen LogP contribution in [0.25, 0.3) is 11.3 Å². The van der Waals surface area contributed by atoms with Crippen molar-refractivity contribution < 1.29 is 9.53 Å². The zero-order valence-corrected chi connectivity index (χ0v) is 13.5. The van der Waals surface area contributed by atoms with Gasteiger partial charge in [-0.2, -0.15) is 10.4 Å². The summed E-state index contributed by atoms with van der Waals surface area (Å²) >= 11 is 5.99. The van der Waals surface area contributed by atoms with Gasteiger partial charge in [0.15, 0.2) is 0 Å². The molecule has 3 aromatic rings. The summed E-state index contributed by atoms with van der Waals surface area (Å²) in [6.07, 6.45) is 1.58.